The third kappa shape index (κ3) is 1.37. The SMILES string of the molecule is N=C(N)c1n[nH]c([N+](=O)[O-])c1C(=N)N. The minimum atomic E-state index is -0.782. The average Bonchev–Trinajstić information content (AvgIpc) is 2.46. The number of amidine groups is 2. The van der Waals surface area contributed by atoms with E-state index >= 15 is 0 Å². The molecule has 0 bridgehead atoms. The Balaban J connectivity index is 3.42. The van der Waals surface area contributed by atoms with Gasteiger partial charge in [-0.3, -0.25) is 10.8 Å². The summed E-state index contributed by atoms with van der Waals surface area (Å²) in [4.78, 5) is 9.65. The molecule has 74 valence electrons. The van der Waals surface area contributed by atoms with Crippen LogP contribution in [0.3, 0.4) is 0 Å². The molecule has 0 radical (unpaired) electrons. The number of nitro groups is 1. The Morgan fingerprint density at radius 2 is 2.00 bits per heavy atom. The highest BCUT2D eigenvalue weighted by Gasteiger charge is 2.25. The van der Waals surface area contributed by atoms with Crippen molar-refractivity contribution in [2.45, 2.75) is 0 Å². The molecule has 0 saturated heterocycles. The number of rotatable bonds is 3. The van der Waals surface area contributed by atoms with Gasteiger partial charge in [-0.25, -0.2) is 0 Å². The summed E-state index contributed by atoms with van der Waals surface area (Å²) in [6, 6.07) is 0. The van der Waals surface area contributed by atoms with Crippen molar-refractivity contribution in [2.24, 2.45) is 11.5 Å². The summed E-state index contributed by atoms with van der Waals surface area (Å²) >= 11 is 0. The molecule has 0 aromatic carbocycles. The smallest absolute Gasteiger partial charge is 0.354 e. The van der Waals surface area contributed by atoms with Crippen LogP contribution in [-0.2, 0) is 0 Å². The van der Waals surface area contributed by atoms with Crippen molar-refractivity contribution in [2.75, 3.05) is 0 Å². The first-order valence-corrected chi connectivity index (χ1v) is 3.36. The van der Waals surface area contributed by atoms with Gasteiger partial charge in [-0.05, 0) is 4.92 Å². The molecule has 0 unspecified atom stereocenters. The molecule has 9 heteroatoms. The van der Waals surface area contributed by atoms with Crippen LogP contribution in [0.15, 0.2) is 0 Å². The number of aromatic amines is 1. The van der Waals surface area contributed by atoms with Gasteiger partial charge >= 0.3 is 5.82 Å². The molecule has 1 heterocycles. The van der Waals surface area contributed by atoms with Crippen LogP contribution in [0.25, 0.3) is 0 Å². The van der Waals surface area contributed by atoms with Crippen LogP contribution >= 0.6 is 0 Å². The van der Waals surface area contributed by atoms with E-state index in [1.165, 1.54) is 0 Å². The molecule has 0 aliphatic heterocycles. The lowest BCUT2D eigenvalue weighted by Crippen LogP contribution is -2.20. The summed E-state index contributed by atoms with van der Waals surface area (Å²) in [5, 5.41) is 30.0. The third-order valence-electron chi connectivity index (χ3n) is 1.45. The Morgan fingerprint density at radius 3 is 2.36 bits per heavy atom. The summed E-state index contributed by atoms with van der Waals surface area (Å²) in [6.45, 7) is 0. The van der Waals surface area contributed by atoms with Crippen molar-refractivity contribution in [1.29, 1.82) is 10.8 Å². The quantitative estimate of drug-likeness (QED) is 0.178. The minimum absolute atomic E-state index is 0.191. The molecule has 1 aromatic rings. The first-order valence-electron chi connectivity index (χ1n) is 3.36. The van der Waals surface area contributed by atoms with E-state index in [0.29, 0.717) is 0 Å². The lowest BCUT2D eigenvalue weighted by atomic mass is 10.2. The number of nitrogens with zero attached hydrogens (tertiary/aromatic N) is 2. The van der Waals surface area contributed by atoms with Gasteiger partial charge in [0.2, 0.25) is 0 Å². The fourth-order valence-electron chi connectivity index (χ4n) is 0.915. The van der Waals surface area contributed by atoms with Crippen LogP contribution in [0.4, 0.5) is 5.82 Å². The summed E-state index contributed by atoms with van der Waals surface area (Å²) in [5.74, 6) is -1.59. The van der Waals surface area contributed by atoms with Crippen LogP contribution in [0.1, 0.15) is 11.3 Å². The molecule has 0 atom stereocenters. The van der Waals surface area contributed by atoms with Gasteiger partial charge in [0.15, 0.2) is 5.69 Å². The van der Waals surface area contributed by atoms with Crippen molar-refractivity contribution in [3.63, 3.8) is 0 Å². The number of H-pyrrole nitrogens is 1. The number of nitrogens with one attached hydrogen (secondary N) is 3. The molecule has 0 amide bonds. The second-order valence-corrected chi connectivity index (χ2v) is 2.38. The third-order valence-corrected chi connectivity index (χ3v) is 1.45. The fraction of sp³-hybridized carbons (Fsp3) is 0. The van der Waals surface area contributed by atoms with E-state index in [-0.39, 0.29) is 11.3 Å². The highest BCUT2D eigenvalue weighted by Crippen LogP contribution is 2.17. The van der Waals surface area contributed by atoms with Gasteiger partial charge in [0, 0.05) is 0 Å². The highest BCUT2D eigenvalue weighted by atomic mass is 16.6. The normalized spacial score (nSPS) is 9.71. The lowest BCUT2D eigenvalue weighted by molar-refractivity contribution is -0.389. The van der Waals surface area contributed by atoms with E-state index in [1.807, 2.05) is 5.10 Å². The van der Waals surface area contributed by atoms with Gasteiger partial charge in [-0.15, -0.1) is 5.10 Å². The van der Waals surface area contributed by atoms with Crippen LogP contribution in [0.2, 0.25) is 0 Å². The zero-order valence-electron chi connectivity index (χ0n) is 6.87. The van der Waals surface area contributed by atoms with E-state index < -0.39 is 22.4 Å². The molecular formula is C5H7N7O2. The molecule has 0 spiro atoms. The Bertz CT molecular complexity index is 388. The molecule has 9 nitrogen and oxygen atoms in total. The van der Waals surface area contributed by atoms with E-state index in [1.54, 1.807) is 0 Å². The van der Waals surface area contributed by atoms with Crippen molar-refractivity contribution in [3.05, 3.63) is 21.4 Å². The van der Waals surface area contributed by atoms with Crippen LogP contribution in [0.5, 0.6) is 0 Å². The van der Waals surface area contributed by atoms with Gasteiger partial charge < -0.3 is 21.6 Å². The van der Waals surface area contributed by atoms with Crippen molar-refractivity contribution >= 4 is 17.5 Å². The predicted octanol–water partition coefficient (Wildman–Crippen LogP) is -1.11. The summed E-state index contributed by atoms with van der Waals surface area (Å²) < 4.78 is 0. The maximum absolute atomic E-state index is 10.4. The Morgan fingerprint density at radius 1 is 1.43 bits per heavy atom. The standard InChI is InChI=1S/C5H7N7O2/c6-3(7)1-2(4(8)9)10-11-5(1)12(13)14/h(H3,6,7)(H3,8,9)(H,10,11). The minimum Gasteiger partial charge on any atom is -0.383 e. The molecule has 0 fully saturated rings. The highest BCUT2D eigenvalue weighted by molar-refractivity contribution is 6.09. The maximum atomic E-state index is 10.4. The zero-order chi connectivity index (χ0) is 10.9. The van der Waals surface area contributed by atoms with Crippen molar-refractivity contribution in [1.82, 2.24) is 10.2 Å². The molecule has 7 N–H and O–H groups in total. The van der Waals surface area contributed by atoms with Gasteiger partial charge in [-0.1, -0.05) is 5.10 Å². The van der Waals surface area contributed by atoms with Crippen LogP contribution in [-0.4, -0.2) is 26.8 Å². The van der Waals surface area contributed by atoms with Crippen LogP contribution in [0, 0.1) is 20.9 Å². The first kappa shape index (κ1) is 9.64. The summed E-state index contributed by atoms with van der Waals surface area (Å²) in [7, 11) is 0. The number of hydrogen-bond donors (Lipinski definition) is 5. The first-order chi connectivity index (χ1) is 6.45. The molecule has 0 aliphatic carbocycles. The van der Waals surface area contributed by atoms with Gasteiger partial charge in [0.25, 0.3) is 0 Å². The second-order valence-electron chi connectivity index (χ2n) is 2.38. The maximum Gasteiger partial charge on any atom is 0.354 e. The summed E-state index contributed by atoms with van der Waals surface area (Å²) in [6.07, 6.45) is 0. The van der Waals surface area contributed by atoms with Gasteiger partial charge in [-0.2, -0.15) is 0 Å². The Hall–Kier alpha value is -2.45. The summed E-state index contributed by atoms with van der Waals surface area (Å²) in [5.41, 5.74) is 9.74. The fourth-order valence-corrected chi connectivity index (χ4v) is 0.915. The predicted molar refractivity (Wildman–Crippen MR) is 47.3 cm³/mol. The Kier molecular flexibility index (Phi) is 2.15. The van der Waals surface area contributed by atoms with E-state index in [0.717, 1.165) is 0 Å². The molecule has 14 heavy (non-hydrogen) atoms. The van der Waals surface area contributed by atoms with E-state index in [9.17, 15) is 10.1 Å². The zero-order valence-corrected chi connectivity index (χ0v) is 6.87. The van der Waals surface area contributed by atoms with E-state index in [2.05, 4.69) is 5.10 Å². The monoisotopic (exact) mass is 197 g/mol. The van der Waals surface area contributed by atoms with Crippen LogP contribution < -0.4 is 11.5 Å². The number of hydrogen-bond acceptors (Lipinski definition) is 5. The molecule has 1 aromatic heterocycles. The van der Waals surface area contributed by atoms with Crippen molar-refractivity contribution < 1.29 is 4.92 Å². The average molecular weight is 197 g/mol. The largest absolute Gasteiger partial charge is 0.383 e. The number of nitrogens with two attached hydrogens (primary N) is 2. The lowest BCUT2D eigenvalue weighted by Gasteiger charge is -1.97. The number of aromatic nitrogens is 2. The molecular weight excluding hydrogens is 190 g/mol. The Labute approximate surface area is 77.3 Å². The topological polar surface area (TPSA) is 172 Å². The second kappa shape index (κ2) is 3.12. The molecule has 0 saturated carbocycles. The van der Waals surface area contributed by atoms with Gasteiger partial charge in [0.1, 0.15) is 17.2 Å². The van der Waals surface area contributed by atoms with E-state index in [4.69, 9.17) is 22.3 Å². The van der Waals surface area contributed by atoms with Crippen molar-refractivity contribution in [3.8, 4) is 0 Å². The van der Waals surface area contributed by atoms with Gasteiger partial charge in [0.05, 0.1) is 0 Å². The molecule has 0 aliphatic rings. The molecule has 1 rings (SSSR count). The number of nitrogen functional groups attached to an aromatic ring is 2.